The van der Waals surface area contributed by atoms with Gasteiger partial charge in [-0.15, -0.1) is 0 Å². The Bertz CT molecular complexity index is 602. The van der Waals surface area contributed by atoms with E-state index in [9.17, 15) is 13.9 Å². The van der Waals surface area contributed by atoms with E-state index in [2.05, 4.69) is 0 Å². The fourth-order valence-electron chi connectivity index (χ4n) is 1.97. The molecule has 1 N–H and O–H groups in total. The van der Waals surface area contributed by atoms with E-state index in [1.54, 1.807) is 31.4 Å². The van der Waals surface area contributed by atoms with Gasteiger partial charge in [-0.3, -0.25) is 0 Å². The molecule has 2 rings (SSSR count). The lowest BCUT2D eigenvalue weighted by atomic mass is 10.00. The summed E-state index contributed by atoms with van der Waals surface area (Å²) in [7, 11) is 1.55. The van der Waals surface area contributed by atoms with Crippen molar-refractivity contribution in [1.29, 1.82) is 0 Å². The second-order valence-electron chi connectivity index (χ2n) is 4.42. The first kappa shape index (κ1) is 15.4. The highest BCUT2D eigenvalue weighted by molar-refractivity contribution is 5.40. The lowest BCUT2D eigenvalue weighted by Gasteiger charge is -2.17. The third-order valence-electron chi connectivity index (χ3n) is 3.03. The number of halogens is 2. The molecule has 3 nitrogen and oxygen atoms in total. The number of aliphatic hydroxyl groups excluding tert-OH is 1. The average molecular weight is 294 g/mol. The number of ether oxygens (including phenoxy) is 2. The van der Waals surface area contributed by atoms with E-state index in [0.717, 1.165) is 6.07 Å². The Morgan fingerprint density at radius 3 is 2.48 bits per heavy atom. The molecular weight excluding hydrogens is 278 g/mol. The van der Waals surface area contributed by atoms with Crippen molar-refractivity contribution in [2.75, 3.05) is 20.3 Å². The Balaban J connectivity index is 2.30. The first-order valence-corrected chi connectivity index (χ1v) is 6.47. The summed E-state index contributed by atoms with van der Waals surface area (Å²) in [6.07, 6.45) is -1.31. The molecule has 0 bridgehead atoms. The molecule has 0 radical (unpaired) electrons. The van der Waals surface area contributed by atoms with Crippen molar-refractivity contribution in [3.05, 3.63) is 65.2 Å². The number of aliphatic hydroxyl groups is 1. The van der Waals surface area contributed by atoms with Crippen molar-refractivity contribution < 1.29 is 23.4 Å². The minimum Gasteiger partial charge on any atom is -0.491 e. The molecule has 0 spiro atoms. The number of para-hydroxylation sites is 1. The summed E-state index contributed by atoms with van der Waals surface area (Å²) < 4.78 is 37.4. The minimum atomic E-state index is -1.31. The van der Waals surface area contributed by atoms with Crippen LogP contribution in [0.4, 0.5) is 8.78 Å². The van der Waals surface area contributed by atoms with Gasteiger partial charge >= 0.3 is 0 Å². The van der Waals surface area contributed by atoms with Crippen LogP contribution in [-0.4, -0.2) is 25.4 Å². The predicted molar refractivity (Wildman–Crippen MR) is 74.2 cm³/mol. The Labute approximate surface area is 121 Å². The Morgan fingerprint density at radius 2 is 1.71 bits per heavy atom. The molecule has 5 heteroatoms. The van der Waals surface area contributed by atoms with Gasteiger partial charge in [-0.05, 0) is 12.1 Å². The van der Waals surface area contributed by atoms with Gasteiger partial charge in [0.2, 0.25) is 0 Å². The molecule has 0 amide bonds. The van der Waals surface area contributed by atoms with Crippen LogP contribution >= 0.6 is 0 Å². The molecule has 2 aromatic carbocycles. The second-order valence-corrected chi connectivity index (χ2v) is 4.42. The van der Waals surface area contributed by atoms with Gasteiger partial charge in [-0.2, -0.15) is 0 Å². The molecule has 0 aromatic heterocycles. The van der Waals surface area contributed by atoms with Crippen molar-refractivity contribution in [3.8, 4) is 5.75 Å². The van der Waals surface area contributed by atoms with Crippen molar-refractivity contribution in [2.24, 2.45) is 0 Å². The van der Waals surface area contributed by atoms with Gasteiger partial charge in [0, 0.05) is 18.2 Å². The molecule has 0 heterocycles. The van der Waals surface area contributed by atoms with Gasteiger partial charge in [0.05, 0.1) is 6.61 Å². The van der Waals surface area contributed by atoms with E-state index >= 15 is 0 Å². The highest BCUT2D eigenvalue weighted by Gasteiger charge is 2.20. The summed E-state index contributed by atoms with van der Waals surface area (Å²) in [5.41, 5.74) is 0.246. The van der Waals surface area contributed by atoms with Crippen LogP contribution in [0.25, 0.3) is 0 Å². The van der Waals surface area contributed by atoms with E-state index in [1.807, 2.05) is 0 Å². The van der Waals surface area contributed by atoms with Crippen LogP contribution in [0.3, 0.4) is 0 Å². The molecule has 2 aromatic rings. The molecule has 0 saturated heterocycles. The first-order chi connectivity index (χ1) is 10.1. The second kappa shape index (κ2) is 7.15. The van der Waals surface area contributed by atoms with Gasteiger partial charge in [0.15, 0.2) is 11.6 Å². The zero-order valence-corrected chi connectivity index (χ0v) is 11.6. The van der Waals surface area contributed by atoms with Crippen molar-refractivity contribution in [3.63, 3.8) is 0 Å². The molecular formula is C16H16F2O3. The number of hydrogen-bond acceptors (Lipinski definition) is 3. The normalized spacial score (nSPS) is 12.2. The quantitative estimate of drug-likeness (QED) is 0.832. The Hall–Kier alpha value is -1.98. The van der Waals surface area contributed by atoms with E-state index < -0.39 is 17.7 Å². The van der Waals surface area contributed by atoms with Gasteiger partial charge in [0.1, 0.15) is 18.5 Å². The summed E-state index contributed by atoms with van der Waals surface area (Å²) in [4.78, 5) is 0. The average Bonchev–Trinajstić information content (AvgIpc) is 2.50. The van der Waals surface area contributed by atoms with Crippen LogP contribution < -0.4 is 4.74 Å². The molecule has 0 aliphatic carbocycles. The maximum Gasteiger partial charge on any atom is 0.164 e. The third kappa shape index (κ3) is 3.56. The van der Waals surface area contributed by atoms with Crippen molar-refractivity contribution in [2.45, 2.75) is 6.10 Å². The van der Waals surface area contributed by atoms with Crippen LogP contribution in [0.15, 0.2) is 42.5 Å². The van der Waals surface area contributed by atoms with E-state index in [-0.39, 0.29) is 5.56 Å². The lowest BCUT2D eigenvalue weighted by Crippen LogP contribution is -2.09. The lowest BCUT2D eigenvalue weighted by molar-refractivity contribution is 0.142. The number of benzene rings is 2. The molecule has 0 saturated carbocycles. The molecule has 1 atom stereocenters. The van der Waals surface area contributed by atoms with Crippen LogP contribution in [0.1, 0.15) is 17.2 Å². The standard InChI is InChI=1S/C16H16F2O3/c1-20-9-10-21-14-8-3-2-5-11(14)16(19)12-6-4-7-13(17)15(12)18/h2-8,16,19H,9-10H2,1H3. The number of hydrogen-bond donors (Lipinski definition) is 1. The summed E-state index contributed by atoms with van der Waals surface area (Å²) in [5, 5.41) is 10.3. The summed E-state index contributed by atoms with van der Waals surface area (Å²) >= 11 is 0. The molecule has 0 aliphatic rings. The first-order valence-electron chi connectivity index (χ1n) is 6.47. The summed E-state index contributed by atoms with van der Waals surface area (Å²) in [6, 6.07) is 10.4. The predicted octanol–water partition coefficient (Wildman–Crippen LogP) is 3.07. The van der Waals surface area contributed by atoms with Crippen LogP contribution in [0, 0.1) is 11.6 Å². The Kier molecular flexibility index (Phi) is 5.25. The van der Waals surface area contributed by atoms with Gasteiger partial charge in [-0.1, -0.05) is 30.3 Å². The maximum atomic E-state index is 13.8. The number of methoxy groups -OCH3 is 1. The van der Waals surface area contributed by atoms with Crippen LogP contribution in [0.2, 0.25) is 0 Å². The minimum absolute atomic E-state index is 0.127. The summed E-state index contributed by atoms with van der Waals surface area (Å²) in [5.74, 6) is -1.65. The summed E-state index contributed by atoms with van der Waals surface area (Å²) in [6.45, 7) is 0.685. The monoisotopic (exact) mass is 294 g/mol. The molecule has 1 unspecified atom stereocenters. The fourth-order valence-corrected chi connectivity index (χ4v) is 1.97. The van der Waals surface area contributed by atoms with E-state index in [1.165, 1.54) is 12.1 Å². The van der Waals surface area contributed by atoms with E-state index in [0.29, 0.717) is 24.5 Å². The molecule has 21 heavy (non-hydrogen) atoms. The van der Waals surface area contributed by atoms with Gasteiger partial charge in [-0.25, -0.2) is 8.78 Å². The van der Waals surface area contributed by atoms with Crippen molar-refractivity contribution >= 4 is 0 Å². The molecule has 0 fully saturated rings. The zero-order chi connectivity index (χ0) is 15.2. The maximum absolute atomic E-state index is 13.8. The third-order valence-corrected chi connectivity index (χ3v) is 3.03. The fraction of sp³-hybridized carbons (Fsp3) is 0.250. The van der Waals surface area contributed by atoms with Gasteiger partial charge < -0.3 is 14.6 Å². The zero-order valence-electron chi connectivity index (χ0n) is 11.6. The Morgan fingerprint density at radius 1 is 1.00 bits per heavy atom. The van der Waals surface area contributed by atoms with E-state index in [4.69, 9.17) is 9.47 Å². The highest BCUT2D eigenvalue weighted by atomic mass is 19.2. The van der Waals surface area contributed by atoms with Crippen molar-refractivity contribution in [1.82, 2.24) is 0 Å². The smallest absolute Gasteiger partial charge is 0.164 e. The van der Waals surface area contributed by atoms with Crippen LogP contribution in [0.5, 0.6) is 5.75 Å². The molecule has 0 aliphatic heterocycles. The SMILES string of the molecule is COCCOc1ccccc1C(O)c1cccc(F)c1F. The highest BCUT2D eigenvalue weighted by Crippen LogP contribution is 2.31. The molecule has 112 valence electrons. The largest absolute Gasteiger partial charge is 0.491 e. The van der Waals surface area contributed by atoms with Gasteiger partial charge in [0.25, 0.3) is 0 Å². The topological polar surface area (TPSA) is 38.7 Å². The van der Waals surface area contributed by atoms with Crippen LogP contribution in [-0.2, 0) is 4.74 Å². The number of rotatable bonds is 6.